The van der Waals surface area contributed by atoms with Gasteiger partial charge in [0.05, 0.1) is 18.5 Å². The predicted octanol–water partition coefficient (Wildman–Crippen LogP) is 4.26. The summed E-state index contributed by atoms with van der Waals surface area (Å²) in [6, 6.07) is 15.2. The summed E-state index contributed by atoms with van der Waals surface area (Å²) < 4.78 is 30.9. The Morgan fingerprint density at radius 1 is 1.15 bits per heavy atom. The summed E-state index contributed by atoms with van der Waals surface area (Å²) in [7, 11) is 0.344. The Balaban J connectivity index is 0.00000243. The summed E-state index contributed by atoms with van der Waals surface area (Å²) in [4.78, 5) is 0. The quantitative estimate of drug-likeness (QED) is 0.630. The molecule has 0 amide bonds. The Hall–Kier alpha value is -1.48. The first-order chi connectivity index (χ1) is 12.1. The lowest BCUT2D eigenvalue weighted by Crippen LogP contribution is -2.42. The van der Waals surface area contributed by atoms with Crippen LogP contribution in [0.2, 0.25) is 0 Å². The van der Waals surface area contributed by atoms with Crippen LogP contribution in [0.1, 0.15) is 12.0 Å². The number of hydrogen-bond acceptors (Lipinski definition) is 6. The van der Waals surface area contributed by atoms with Crippen LogP contribution in [0.3, 0.4) is 0 Å². The molecule has 3 rings (SSSR count). The minimum Gasteiger partial charge on any atom is -0.497 e. The van der Waals surface area contributed by atoms with E-state index in [2.05, 4.69) is 5.32 Å². The number of nitrogens with one attached hydrogen (secondary N) is 1. The molecule has 0 fully saturated rings. The summed E-state index contributed by atoms with van der Waals surface area (Å²) in [6.45, 7) is 1.94. The van der Waals surface area contributed by atoms with Gasteiger partial charge >= 0.3 is 0 Å². The van der Waals surface area contributed by atoms with Gasteiger partial charge in [-0.25, -0.2) is 4.31 Å². The summed E-state index contributed by atoms with van der Waals surface area (Å²) >= 11 is 0. The average molecular weight is 400 g/mol. The van der Waals surface area contributed by atoms with Crippen molar-refractivity contribution in [1.82, 2.24) is 9.62 Å². The second kappa shape index (κ2) is 8.94. The fourth-order valence-electron chi connectivity index (χ4n) is 3.02. The molecule has 1 aliphatic rings. The number of para-hydroxylation sites is 1. The van der Waals surface area contributed by atoms with Gasteiger partial charge < -0.3 is 10.1 Å². The number of methoxy groups -OCH3 is 1. The highest BCUT2D eigenvalue weighted by Gasteiger charge is 2.37. The van der Waals surface area contributed by atoms with Gasteiger partial charge in [-0.3, -0.25) is 9.11 Å². The first-order valence-electron chi connectivity index (χ1n) is 8.28. The number of hydrogen-bond donors (Lipinski definition) is 3. The Morgan fingerprint density at radius 2 is 1.92 bits per heavy atom. The molecule has 0 aliphatic carbocycles. The third-order valence-electron chi connectivity index (χ3n) is 4.27. The molecule has 1 aliphatic heterocycles. The number of nitrogens with zero attached hydrogens (tertiary/aromatic N) is 2. The van der Waals surface area contributed by atoms with Crippen LogP contribution in [0.5, 0.6) is 5.75 Å². The molecule has 0 bridgehead atoms. The first-order valence-corrected chi connectivity index (χ1v) is 9.74. The smallest absolute Gasteiger partial charge is 0.121 e. The van der Waals surface area contributed by atoms with Crippen LogP contribution in [0.15, 0.2) is 48.5 Å². The Morgan fingerprint density at radius 3 is 2.65 bits per heavy atom. The molecule has 1 heterocycles. The molecule has 0 spiro atoms. The van der Waals surface area contributed by atoms with Crippen LogP contribution in [0, 0.1) is 0 Å². The molecule has 3 N–H and O–H groups in total. The molecule has 8 heteroatoms. The van der Waals surface area contributed by atoms with Crippen molar-refractivity contribution in [3.8, 4) is 5.75 Å². The van der Waals surface area contributed by atoms with Gasteiger partial charge in [-0.2, -0.15) is 4.31 Å². The number of fused-ring (bicyclic) bond motifs is 1. The SMILES string of the molecule is CNCCCN1Cc2ccccc2N(c2cccc(OC)c2)S1(O)O.Cl. The highest BCUT2D eigenvalue weighted by molar-refractivity contribution is 8.23. The molecule has 6 nitrogen and oxygen atoms in total. The Labute approximate surface area is 162 Å². The Kier molecular flexibility index (Phi) is 7.16. The second-order valence-corrected chi connectivity index (χ2v) is 7.80. The molecule has 144 valence electrons. The number of benzene rings is 2. The normalized spacial score (nSPS) is 17.2. The largest absolute Gasteiger partial charge is 0.497 e. The minimum atomic E-state index is -3.15. The van der Waals surface area contributed by atoms with Crippen molar-refractivity contribution in [3.63, 3.8) is 0 Å². The summed E-state index contributed by atoms with van der Waals surface area (Å²) in [6.07, 6.45) is 0.834. The standard InChI is InChI=1S/C18H25N3O3S.ClH/c1-19-11-6-12-20-14-15-7-3-4-10-18(15)21(25(20,22)23)16-8-5-9-17(13-16)24-2;/h3-5,7-10,13,19,22-23H,6,11-12,14H2,1-2H3;1H. The fraction of sp³-hybridized carbons (Fsp3) is 0.333. The van der Waals surface area contributed by atoms with E-state index in [1.54, 1.807) is 15.7 Å². The van der Waals surface area contributed by atoms with E-state index in [0.29, 0.717) is 24.5 Å². The molecule has 0 unspecified atom stereocenters. The number of halogens is 1. The van der Waals surface area contributed by atoms with Gasteiger partial charge in [-0.15, -0.1) is 12.4 Å². The van der Waals surface area contributed by atoms with Crippen LogP contribution in [0.25, 0.3) is 0 Å². The first kappa shape index (κ1) is 20.8. The minimum absolute atomic E-state index is 0. The van der Waals surface area contributed by atoms with Crippen LogP contribution in [-0.4, -0.2) is 40.7 Å². The maximum absolute atomic E-state index is 11.1. The maximum Gasteiger partial charge on any atom is 0.121 e. The number of rotatable bonds is 6. The molecule has 0 atom stereocenters. The molecule has 2 aromatic rings. The molecular formula is C18H26ClN3O3S. The van der Waals surface area contributed by atoms with E-state index in [1.165, 1.54) is 0 Å². The third-order valence-corrected chi connectivity index (χ3v) is 6.17. The summed E-state index contributed by atoms with van der Waals surface area (Å²) in [5.41, 5.74) is 2.59. The number of ether oxygens (including phenoxy) is 1. The Bertz CT molecular complexity index is 732. The van der Waals surface area contributed by atoms with E-state index >= 15 is 0 Å². The van der Waals surface area contributed by atoms with Gasteiger partial charge in [0.2, 0.25) is 0 Å². The van der Waals surface area contributed by atoms with Gasteiger partial charge in [-0.05, 0) is 54.7 Å². The highest BCUT2D eigenvalue weighted by Crippen LogP contribution is 2.58. The van der Waals surface area contributed by atoms with E-state index in [1.807, 2.05) is 55.6 Å². The van der Waals surface area contributed by atoms with E-state index < -0.39 is 11.0 Å². The molecule has 0 radical (unpaired) electrons. The van der Waals surface area contributed by atoms with Crippen molar-refractivity contribution in [2.45, 2.75) is 13.0 Å². The van der Waals surface area contributed by atoms with Gasteiger partial charge in [0.15, 0.2) is 0 Å². The zero-order valence-corrected chi connectivity index (χ0v) is 16.6. The van der Waals surface area contributed by atoms with E-state index in [4.69, 9.17) is 4.74 Å². The van der Waals surface area contributed by atoms with E-state index in [9.17, 15) is 9.11 Å². The van der Waals surface area contributed by atoms with Gasteiger partial charge in [0, 0.05) is 19.2 Å². The fourth-order valence-corrected chi connectivity index (χ4v) is 4.77. The predicted molar refractivity (Wildman–Crippen MR) is 111 cm³/mol. The molecule has 0 saturated heterocycles. The lowest BCUT2D eigenvalue weighted by molar-refractivity contribution is 0.331. The van der Waals surface area contributed by atoms with Crippen LogP contribution in [-0.2, 0) is 6.54 Å². The summed E-state index contributed by atoms with van der Waals surface area (Å²) in [5.74, 6) is 0.678. The van der Waals surface area contributed by atoms with Crippen molar-refractivity contribution in [1.29, 1.82) is 0 Å². The van der Waals surface area contributed by atoms with Crippen LogP contribution in [0.4, 0.5) is 11.4 Å². The second-order valence-electron chi connectivity index (χ2n) is 5.94. The zero-order valence-electron chi connectivity index (χ0n) is 15.0. The molecule has 26 heavy (non-hydrogen) atoms. The topological polar surface area (TPSA) is 68.2 Å². The zero-order chi connectivity index (χ0) is 17.9. The van der Waals surface area contributed by atoms with Crippen LogP contribution >= 0.6 is 23.4 Å². The van der Waals surface area contributed by atoms with E-state index in [0.717, 1.165) is 24.2 Å². The van der Waals surface area contributed by atoms with Gasteiger partial charge in [-0.1, -0.05) is 24.3 Å². The lowest BCUT2D eigenvalue weighted by atomic mass is 10.1. The van der Waals surface area contributed by atoms with Crippen molar-refractivity contribution in [3.05, 3.63) is 54.1 Å². The third kappa shape index (κ3) is 4.09. The van der Waals surface area contributed by atoms with Gasteiger partial charge in [0.1, 0.15) is 5.75 Å². The van der Waals surface area contributed by atoms with Gasteiger partial charge in [0.25, 0.3) is 0 Å². The van der Waals surface area contributed by atoms with Crippen molar-refractivity contribution < 1.29 is 13.8 Å². The lowest BCUT2D eigenvalue weighted by Gasteiger charge is -2.54. The molecule has 0 saturated carbocycles. The highest BCUT2D eigenvalue weighted by atomic mass is 35.5. The molecule has 0 aromatic heterocycles. The van der Waals surface area contributed by atoms with E-state index in [-0.39, 0.29) is 12.4 Å². The maximum atomic E-state index is 11.1. The molecule has 2 aromatic carbocycles. The molecular weight excluding hydrogens is 374 g/mol. The summed E-state index contributed by atoms with van der Waals surface area (Å²) in [5, 5.41) is 3.10. The van der Waals surface area contributed by atoms with Crippen molar-refractivity contribution in [2.75, 3.05) is 31.6 Å². The number of anilines is 2. The van der Waals surface area contributed by atoms with Crippen molar-refractivity contribution >= 4 is 34.7 Å². The van der Waals surface area contributed by atoms with Crippen molar-refractivity contribution in [2.24, 2.45) is 0 Å². The van der Waals surface area contributed by atoms with Crippen LogP contribution < -0.4 is 14.4 Å². The average Bonchev–Trinajstić information content (AvgIpc) is 2.62. The monoisotopic (exact) mass is 399 g/mol.